The zero-order valence-electron chi connectivity index (χ0n) is 11.0. The number of aliphatic hydroxyl groups excluding tert-OH is 1. The van der Waals surface area contributed by atoms with Gasteiger partial charge in [-0.15, -0.1) is 0 Å². The van der Waals surface area contributed by atoms with Crippen LogP contribution in [0.4, 0.5) is 0 Å². The number of hydrogen-bond acceptors (Lipinski definition) is 3. The summed E-state index contributed by atoms with van der Waals surface area (Å²) in [5.41, 5.74) is 3.81. The summed E-state index contributed by atoms with van der Waals surface area (Å²) in [6, 6.07) is 4.15. The topological polar surface area (TPSA) is 41.5 Å². The lowest BCUT2D eigenvalue weighted by molar-refractivity contribution is 0.252. The first-order valence-electron chi connectivity index (χ1n) is 6.18. The van der Waals surface area contributed by atoms with Crippen molar-refractivity contribution >= 4 is 0 Å². The Morgan fingerprint density at radius 3 is 2.59 bits per heavy atom. The summed E-state index contributed by atoms with van der Waals surface area (Å²) in [5.74, 6) is 0.959. The van der Waals surface area contributed by atoms with Crippen LogP contribution in [0.2, 0.25) is 0 Å². The first-order chi connectivity index (χ1) is 8.20. The summed E-state index contributed by atoms with van der Waals surface area (Å²) in [6.45, 7) is 6.02. The molecule has 0 saturated carbocycles. The van der Waals surface area contributed by atoms with Crippen molar-refractivity contribution in [2.24, 2.45) is 0 Å². The summed E-state index contributed by atoms with van der Waals surface area (Å²) in [7, 11) is 1.95. The molecule has 0 aromatic heterocycles. The zero-order chi connectivity index (χ0) is 12.7. The fourth-order valence-corrected chi connectivity index (χ4v) is 1.79. The number of rotatable bonds is 7. The third-order valence-corrected chi connectivity index (χ3v) is 3.03. The lowest BCUT2D eigenvalue weighted by Crippen LogP contribution is -2.08. The Morgan fingerprint density at radius 1 is 1.18 bits per heavy atom. The largest absolute Gasteiger partial charge is 0.493 e. The smallest absolute Gasteiger partial charge is 0.122 e. The Bertz CT molecular complexity index is 350. The maximum absolute atomic E-state index is 8.70. The number of aliphatic hydroxyl groups is 1. The van der Waals surface area contributed by atoms with Gasteiger partial charge in [-0.05, 0) is 56.5 Å². The van der Waals surface area contributed by atoms with Crippen LogP contribution < -0.4 is 10.1 Å². The molecule has 3 heteroatoms. The van der Waals surface area contributed by atoms with E-state index in [4.69, 9.17) is 9.84 Å². The van der Waals surface area contributed by atoms with E-state index in [1.54, 1.807) is 0 Å². The van der Waals surface area contributed by atoms with Gasteiger partial charge >= 0.3 is 0 Å². The highest BCUT2D eigenvalue weighted by molar-refractivity contribution is 5.43. The zero-order valence-corrected chi connectivity index (χ0v) is 11.0. The van der Waals surface area contributed by atoms with E-state index in [2.05, 4.69) is 25.2 Å². The Hall–Kier alpha value is -1.06. The van der Waals surface area contributed by atoms with E-state index in [1.807, 2.05) is 13.1 Å². The quantitative estimate of drug-likeness (QED) is 0.714. The fourth-order valence-electron chi connectivity index (χ4n) is 1.79. The molecule has 0 unspecified atom stereocenters. The summed E-state index contributed by atoms with van der Waals surface area (Å²) in [5, 5.41) is 11.9. The van der Waals surface area contributed by atoms with Gasteiger partial charge < -0.3 is 15.2 Å². The molecule has 96 valence electrons. The number of unbranched alkanes of at least 4 members (excludes halogenated alkanes) is 1. The lowest BCUT2D eigenvalue weighted by Gasteiger charge is -2.14. The minimum atomic E-state index is 0.239. The van der Waals surface area contributed by atoms with E-state index in [0.29, 0.717) is 6.61 Å². The lowest BCUT2D eigenvalue weighted by atomic mass is 10.0. The molecule has 0 bridgehead atoms. The number of benzene rings is 1. The van der Waals surface area contributed by atoms with Gasteiger partial charge in [0, 0.05) is 13.2 Å². The molecule has 0 heterocycles. The molecular weight excluding hydrogens is 214 g/mol. The van der Waals surface area contributed by atoms with Gasteiger partial charge in [0.1, 0.15) is 5.75 Å². The predicted molar refractivity (Wildman–Crippen MR) is 70.5 cm³/mol. The van der Waals surface area contributed by atoms with E-state index in [0.717, 1.165) is 25.1 Å². The van der Waals surface area contributed by atoms with Crippen molar-refractivity contribution < 1.29 is 9.84 Å². The van der Waals surface area contributed by atoms with Gasteiger partial charge in [0.2, 0.25) is 0 Å². The SMILES string of the molecule is CNCc1ccc(OCCCCO)c(C)c1C. The number of hydrogen-bond donors (Lipinski definition) is 2. The fraction of sp³-hybridized carbons (Fsp3) is 0.571. The minimum absolute atomic E-state index is 0.239. The Balaban J connectivity index is 2.64. The van der Waals surface area contributed by atoms with Crippen molar-refractivity contribution in [1.29, 1.82) is 0 Å². The van der Waals surface area contributed by atoms with Crippen molar-refractivity contribution in [2.45, 2.75) is 33.2 Å². The van der Waals surface area contributed by atoms with E-state index in [-0.39, 0.29) is 6.61 Å². The minimum Gasteiger partial charge on any atom is -0.493 e. The second kappa shape index (κ2) is 7.30. The highest BCUT2D eigenvalue weighted by Gasteiger charge is 2.06. The maximum Gasteiger partial charge on any atom is 0.122 e. The molecule has 0 amide bonds. The number of ether oxygens (including phenoxy) is 1. The van der Waals surface area contributed by atoms with Crippen LogP contribution in [0.5, 0.6) is 5.75 Å². The molecule has 1 aromatic rings. The molecule has 0 aliphatic heterocycles. The van der Waals surface area contributed by atoms with Crippen LogP contribution in [0, 0.1) is 13.8 Å². The molecular formula is C14H23NO2. The molecule has 1 aromatic carbocycles. The average molecular weight is 237 g/mol. The van der Waals surface area contributed by atoms with Crippen LogP contribution in [-0.2, 0) is 6.54 Å². The predicted octanol–water partition coefficient (Wildman–Crippen LogP) is 2.17. The molecule has 0 fully saturated rings. The number of nitrogens with one attached hydrogen (secondary N) is 1. The van der Waals surface area contributed by atoms with E-state index >= 15 is 0 Å². The molecule has 0 aliphatic rings. The molecule has 1 rings (SSSR count). The Kier molecular flexibility index (Phi) is 6.01. The van der Waals surface area contributed by atoms with Gasteiger partial charge in [0.15, 0.2) is 0 Å². The molecule has 0 radical (unpaired) electrons. The second-order valence-corrected chi connectivity index (χ2v) is 4.28. The maximum atomic E-state index is 8.70. The van der Waals surface area contributed by atoms with E-state index in [9.17, 15) is 0 Å². The normalized spacial score (nSPS) is 10.6. The molecule has 0 spiro atoms. The van der Waals surface area contributed by atoms with Crippen LogP contribution in [0.15, 0.2) is 12.1 Å². The first kappa shape index (κ1) is 14.0. The average Bonchev–Trinajstić information content (AvgIpc) is 2.33. The second-order valence-electron chi connectivity index (χ2n) is 4.28. The molecule has 17 heavy (non-hydrogen) atoms. The first-order valence-corrected chi connectivity index (χ1v) is 6.18. The third kappa shape index (κ3) is 4.02. The Morgan fingerprint density at radius 2 is 1.94 bits per heavy atom. The molecule has 0 saturated heterocycles. The third-order valence-electron chi connectivity index (χ3n) is 3.03. The van der Waals surface area contributed by atoms with Crippen LogP contribution >= 0.6 is 0 Å². The highest BCUT2D eigenvalue weighted by Crippen LogP contribution is 2.24. The molecule has 0 aliphatic carbocycles. The van der Waals surface area contributed by atoms with Crippen molar-refractivity contribution in [2.75, 3.05) is 20.3 Å². The molecule has 0 atom stereocenters. The van der Waals surface area contributed by atoms with Crippen LogP contribution in [0.1, 0.15) is 29.5 Å². The van der Waals surface area contributed by atoms with Crippen molar-refractivity contribution in [1.82, 2.24) is 5.32 Å². The van der Waals surface area contributed by atoms with Gasteiger partial charge in [-0.2, -0.15) is 0 Å². The molecule has 3 nitrogen and oxygen atoms in total. The van der Waals surface area contributed by atoms with Gasteiger partial charge in [-0.25, -0.2) is 0 Å². The van der Waals surface area contributed by atoms with Gasteiger partial charge in [0.25, 0.3) is 0 Å². The van der Waals surface area contributed by atoms with Crippen LogP contribution in [0.25, 0.3) is 0 Å². The van der Waals surface area contributed by atoms with Crippen molar-refractivity contribution in [3.63, 3.8) is 0 Å². The standard InChI is InChI=1S/C14H23NO2/c1-11-12(2)14(17-9-5-4-8-16)7-6-13(11)10-15-3/h6-7,15-16H,4-5,8-10H2,1-3H3. The monoisotopic (exact) mass is 237 g/mol. The summed E-state index contributed by atoms with van der Waals surface area (Å²) >= 11 is 0. The van der Waals surface area contributed by atoms with Crippen molar-refractivity contribution in [3.05, 3.63) is 28.8 Å². The molecule has 2 N–H and O–H groups in total. The summed E-state index contributed by atoms with van der Waals surface area (Å²) < 4.78 is 5.72. The van der Waals surface area contributed by atoms with Gasteiger partial charge in [-0.3, -0.25) is 0 Å². The van der Waals surface area contributed by atoms with E-state index in [1.165, 1.54) is 16.7 Å². The summed E-state index contributed by atoms with van der Waals surface area (Å²) in [4.78, 5) is 0. The van der Waals surface area contributed by atoms with Crippen molar-refractivity contribution in [3.8, 4) is 5.75 Å². The van der Waals surface area contributed by atoms with E-state index < -0.39 is 0 Å². The highest BCUT2D eigenvalue weighted by atomic mass is 16.5. The van der Waals surface area contributed by atoms with Crippen LogP contribution in [0.3, 0.4) is 0 Å². The summed E-state index contributed by atoms with van der Waals surface area (Å²) in [6.07, 6.45) is 1.70. The van der Waals surface area contributed by atoms with Gasteiger partial charge in [0.05, 0.1) is 6.61 Å². The van der Waals surface area contributed by atoms with Gasteiger partial charge in [-0.1, -0.05) is 6.07 Å². The van der Waals surface area contributed by atoms with Crippen LogP contribution in [-0.4, -0.2) is 25.4 Å². The Labute approximate surface area is 104 Å².